The van der Waals surface area contributed by atoms with Gasteiger partial charge in [-0.3, -0.25) is 24.4 Å². The number of benzene rings is 3. The molecule has 3 rings (SSSR count). The molecule has 0 radical (unpaired) electrons. The standard InChI is InChI=1S/C34H46N6O3/c1-29(41)39(36-26-32-17-8-4-9-18-32)23-13-12-21-38(34(43)28-35-25-31-15-6-3-7-16-31)22-14-24-40(30(2)42)37-27-33-19-10-5-11-20-33/h3-11,15-20,35-37H,12-14,21-28H2,1-2H3. The van der Waals surface area contributed by atoms with Gasteiger partial charge in [0.05, 0.1) is 6.54 Å². The molecular formula is C34H46N6O3. The van der Waals surface area contributed by atoms with E-state index in [1.165, 1.54) is 0 Å². The van der Waals surface area contributed by atoms with Gasteiger partial charge in [0.25, 0.3) is 0 Å². The highest BCUT2D eigenvalue weighted by molar-refractivity contribution is 5.78. The fourth-order valence-corrected chi connectivity index (χ4v) is 4.64. The van der Waals surface area contributed by atoms with E-state index in [-0.39, 0.29) is 24.3 Å². The van der Waals surface area contributed by atoms with Gasteiger partial charge in [-0.2, -0.15) is 0 Å². The van der Waals surface area contributed by atoms with Gasteiger partial charge in [0.2, 0.25) is 17.7 Å². The second kappa shape index (κ2) is 19.2. The van der Waals surface area contributed by atoms with E-state index >= 15 is 0 Å². The van der Waals surface area contributed by atoms with Crippen LogP contribution in [0.2, 0.25) is 0 Å². The zero-order chi connectivity index (χ0) is 30.7. The number of hydrogen-bond donors (Lipinski definition) is 3. The average Bonchev–Trinajstić information content (AvgIpc) is 3.02. The first-order valence-electron chi connectivity index (χ1n) is 15.1. The van der Waals surface area contributed by atoms with E-state index in [4.69, 9.17) is 0 Å². The van der Waals surface area contributed by atoms with Crippen molar-refractivity contribution in [1.82, 2.24) is 31.1 Å². The molecule has 0 fully saturated rings. The van der Waals surface area contributed by atoms with Crippen LogP contribution in [-0.4, -0.2) is 65.4 Å². The van der Waals surface area contributed by atoms with Crippen LogP contribution < -0.4 is 16.2 Å². The third-order valence-corrected chi connectivity index (χ3v) is 7.06. The Morgan fingerprint density at radius 3 is 1.40 bits per heavy atom. The van der Waals surface area contributed by atoms with Gasteiger partial charge in [0.15, 0.2) is 0 Å². The van der Waals surface area contributed by atoms with Crippen molar-refractivity contribution in [3.05, 3.63) is 108 Å². The molecule has 9 nitrogen and oxygen atoms in total. The number of nitrogens with zero attached hydrogens (tertiary/aromatic N) is 3. The highest BCUT2D eigenvalue weighted by Gasteiger charge is 2.16. The summed E-state index contributed by atoms with van der Waals surface area (Å²) in [5.41, 5.74) is 9.75. The predicted octanol–water partition coefficient (Wildman–Crippen LogP) is 3.88. The van der Waals surface area contributed by atoms with E-state index in [1.807, 2.05) is 95.9 Å². The zero-order valence-corrected chi connectivity index (χ0v) is 25.5. The average molecular weight is 587 g/mol. The van der Waals surface area contributed by atoms with Crippen molar-refractivity contribution in [1.29, 1.82) is 0 Å². The molecule has 3 aromatic rings. The normalized spacial score (nSPS) is 10.7. The lowest BCUT2D eigenvalue weighted by Crippen LogP contribution is -2.44. The Bertz CT molecular complexity index is 1230. The van der Waals surface area contributed by atoms with Crippen LogP contribution in [0.15, 0.2) is 91.0 Å². The summed E-state index contributed by atoms with van der Waals surface area (Å²) in [4.78, 5) is 39.6. The van der Waals surface area contributed by atoms with Gasteiger partial charge in [-0.05, 0) is 36.0 Å². The molecule has 43 heavy (non-hydrogen) atoms. The number of nitrogens with one attached hydrogen (secondary N) is 3. The highest BCUT2D eigenvalue weighted by Crippen LogP contribution is 2.05. The lowest BCUT2D eigenvalue weighted by Gasteiger charge is -2.27. The summed E-state index contributed by atoms with van der Waals surface area (Å²) in [5, 5.41) is 6.52. The lowest BCUT2D eigenvalue weighted by molar-refractivity contribution is -0.134. The maximum absolute atomic E-state index is 13.2. The fraction of sp³-hybridized carbons (Fsp3) is 0.382. The summed E-state index contributed by atoms with van der Waals surface area (Å²) in [6.45, 7) is 7.22. The molecule has 3 amide bonds. The molecule has 0 heterocycles. The lowest BCUT2D eigenvalue weighted by atomic mass is 10.2. The van der Waals surface area contributed by atoms with E-state index in [0.29, 0.717) is 52.2 Å². The molecule has 0 spiro atoms. The molecule has 9 heteroatoms. The molecule has 0 aliphatic carbocycles. The summed E-state index contributed by atoms with van der Waals surface area (Å²) in [6, 6.07) is 29.9. The van der Waals surface area contributed by atoms with Gasteiger partial charge in [-0.25, -0.2) is 10.9 Å². The topological polar surface area (TPSA) is 97.0 Å². The Kier molecular flexibility index (Phi) is 14.9. The first kappa shape index (κ1) is 33.5. The number of carbonyl (C=O) groups excluding carboxylic acids is 3. The first-order chi connectivity index (χ1) is 20.9. The van der Waals surface area contributed by atoms with Crippen molar-refractivity contribution in [2.45, 2.75) is 52.7 Å². The predicted molar refractivity (Wildman–Crippen MR) is 170 cm³/mol. The number of unbranched alkanes of at least 4 members (excludes halogenated alkanes) is 1. The summed E-state index contributed by atoms with van der Waals surface area (Å²) in [5.74, 6) is -0.0832. The van der Waals surface area contributed by atoms with Crippen LogP contribution in [0.25, 0.3) is 0 Å². The number of hydrazine groups is 2. The van der Waals surface area contributed by atoms with Crippen LogP contribution in [0.3, 0.4) is 0 Å². The Morgan fingerprint density at radius 2 is 0.930 bits per heavy atom. The number of hydrogen-bond acceptors (Lipinski definition) is 6. The van der Waals surface area contributed by atoms with Crippen LogP contribution in [0.5, 0.6) is 0 Å². The van der Waals surface area contributed by atoms with E-state index in [2.05, 4.69) is 16.2 Å². The minimum absolute atomic E-state index is 0.0215. The first-order valence-corrected chi connectivity index (χ1v) is 15.1. The minimum atomic E-state index is -0.0642. The molecule has 0 aliphatic rings. The van der Waals surface area contributed by atoms with Gasteiger partial charge in [0.1, 0.15) is 0 Å². The van der Waals surface area contributed by atoms with Crippen molar-refractivity contribution in [3.63, 3.8) is 0 Å². The SMILES string of the molecule is CC(=O)N(CCCCN(CCCN(NCc1ccccc1)C(C)=O)C(=O)CNCc1ccccc1)NCc1ccccc1. The van der Waals surface area contributed by atoms with Crippen LogP contribution in [0, 0.1) is 0 Å². The second-order valence-electron chi connectivity index (χ2n) is 10.5. The van der Waals surface area contributed by atoms with E-state index < -0.39 is 0 Å². The van der Waals surface area contributed by atoms with Crippen molar-refractivity contribution in [2.75, 3.05) is 32.7 Å². The number of rotatable bonds is 19. The van der Waals surface area contributed by atoms with Gasteiger partial charge >= 0.3 is 0 Å². The fourth-order valence-electron chi connectivity index (χ4n) is 4.64. The molecule has 0 unspecified atom stereocenters. The van der Waals surface area contributed by atoms with Crippen molar-refractivity contribution >= 4 is 17.7 Å². The Hall–Kier alpha value is -4.05. The largest absolute Gasteiger partial charge is 0.342 e. The van der Waals surface area contributed by atoms with Crippen molar-refractivity contribution in [2.24, 2.45) is 0 Å². The molecule has 0 saturated heterocycles. The summed E-state index contributed by atoms with van der Waals surface area (Å²) < 4.78 is 0. The van der Waals surface area contributed by atoms with Gasteiger partial charge < -0.3 is 10.2 Å². The number of carbonyl (C=O) groups is 3. The molecule has 0 bridgehead atoms. The smallest absolute Gasteiger partial charge is 0.236 e. The van der Waals surface area contributed by atoms with E-state index in [9.17, 15) is 14.4 Å². The molecule has 0 saturated carbocycles. The molecule has 230 valence electrons. The van der Waals surface area contributed by atoms with Crippen LogP contribution in [0.4, 0.5) is 0 Å². The quantitative estimate of drug-likeness (QED) is 0.146. The van der Waals surface area contributed by atoms with Gasteiger partial charge in [-0.1, -0.05) is 91.0 Å². The third-order valence-electron chi connectivity index (χ3n) is 7.06. The van der Waals surface area contributed by atoms with Crippen molar-refractivity contribution in [3.8, 4) is 0 Å². The summed E-state index contributed by atoms with van der Waals surface area (Å²) in [6.07, 6.45) is 2.15. The van der Waals surface area contributed by atoms with Crippen LogP contribution in [-0.2, 0) is 34.0 Å². The Labute approximate surface area is 256 Å². The Morgan fingerprint density at radius 1 is 0.535 bits per heavy atom. The van der Waals surface area contributed by atoms with Gasteiger partial charge in [-0.15, -0.1) is 0 Å². The molecule has 3 aromatic carbocycles. The summed E-state index contributed by atoms with van der Waals surface area (Å²) >= 11 is 0. The molecule has 3 N–H and O–H groups in total. The third kappa shape index (κ3) is 13.2. The number of amides is 3. The van der Waals surface area contributed by atoms with Crippen LogP contribution in [0.1, 0.15) is 49.8 Å². The van der Waals surface area contributed by atoms with Crippen molar-refractivity contribution < 1.29 is 14.4 Å². The summed E-state index contributed by atoms with van der Waals surface area (Å²) in [7, 11) is 0. The van der Waals surface area contributed by atoms with E-state index in [1.54, 1.807) is 23.9 Å². The monoisotopic (exact) mass is 586 g/mol. The maximum atomic E-state index is 13.2. The highest BCUT2D eigenvalue weighted by atomic mass is 16.2. The molecule has 0 atom stereocenters. The molecule has 0 aromatic heterocycles. The van der Waals surface area contributed by atoms with Gasteiger partial charge in [0, 0.05) is 59.7 Å². The maximum Gasteiger partial charge on any atom is 0.236 e. The molecule has 0 aliphatic heterocycles. The second-order valence-corrected chi connectivity index (χ2v) is 10.5. The van der Waals surface area contributed by atoms with E-state index in [0.717, 1.165) is 29.5 Å². The molecular weight excluding hydrogens is 540 g/mol. The van der Waals surface area contributed by atoms with Crippen LogP contribution >= 0.6 is 0 Å². The minimum Gasteiger partial charge on any atom is -0.342 e. The zero-order valence-electron chi connectivity index (χ0n) is 25.5. The Balaban J connectivity index is 1.49.